The van der Waals surface area contributed by atoms with Crippen LogP contribution in [0.25, 0.3) is 0 Å². The number of carbonyl (C=O) groups excluding carboxylic acids is 1. The number of hydrogen-bond acceptors (Lipinski definition) is 5. The molecule has 0 atom stereocenters. The first kappa shape index (κ1) is 17.1. The quantitative estimate of drug-likeness (QED) is 0.688. The van der Waals surface area contributed by atoms with Gasteiger partial charge in [0.15, 0.2) is 5.13 Å². The lowest BCUT2D eigenvalue weighted by atomic mass is 10.2. The highest BCUT2D eigenvalue weighted by Crippen LogP contribution is 2.10. The van der Waals surface area contributed by atoms with Crippen LogP contribution in [0, 0.1) is 0 Å². The molecule has 1 amide bonds. The summed E-state index contributed by atoms with van der Waals surface area (Å²) < 4.78 is 2.37. The predicted octanol–water partition coefficient (Wildman–Crippen LogP) is 1.81. The molecule has 0 unspecified atom stereocenters. The normalized spacial score (nSPS) is 10.6. The molecule has 9 heteroatoms. The lowest BCUT2D eigenvalue weighted by Crippen LogP contribution is -2.42. The average molecular weight is 377 g/mol. The van der Waals surface area contributed by atoms with E-state index in [2.05, 4.69) is 10.3 Å². The number of nitrogens with zero attached hydrogens (tertiary/aromatic N) is 3. The van der Waals surface area contributed by atoms with E-state index in [9.17, 15) is 14.4 Å². The number of halogens is 1. The maximum Gasteiger partial charge on any atom is 0.316 e. The van der Waals surface area contributed by atoms with E-state index in [1.54, 1.807) is 35.8 Å². The van der Waals surface area contributed by atoms with Crippen LogP contribution in [-0.2, 0) is 17.9 Å². The van der Waals surface area contributed by atoms with E-state index < -0.39 is 17.0 Å². The number of benzene rings is 1. The molecule has 3 aromatic rings. The third-order valence-electron chi connectivity index (χ3n) is 3.39. The summed E-state index contributed by atoms with van der Waals surface area (Å²) in [4.78, 5) is 40.3. The Bertz CT molecular complexity index is 993. The molecular weight excluding hydrogens is 364 g/mol. The van der Waals surface area contributed by atoms with E-state index in [4.69, 9.17) is 11.6 Å². The number of aromatic nitrogens is 3. The van der Waals surface area contributed by atoms with Crippen molar-refractivity contribution in [2.45, 2.75) is 13.1 Å². The van der Waals surface area contributed by atoms with Crippen LogP contribution in [0.4, 0.5) is 5.13 Å². The van der Waals surface area contributed by atoms with Crippen molar-refractivity contribution >= 4 is 34.0 Å². The van der Waals surface area contributed by atoms with Crippen LogP contribution in [0.2, 0.25) is 5.02 Å². The molecule has 0 aliphatic rings. The Labute approximate surface area is 151 Å². The highest BCUT2D eigenvalue weighted by atomic mass is 35.5. The Hall–Kier alpha value is -2.71. The Balaban J connectivity index is 1.76. The molecule has 3 rings (SSSR count). The van der Waals surface area contributed by atoms with Crippen LogP contribution in [0.3, 0.4) is 0 Å². The van der Waals surface area contributed by atoms with E-state index in [1.165, 1.54) is 28.3 Å². The summed E-state index contributed by atoms with van der Waals surface area (Å²) in [5.41, 5.74) is -0.615. The summed E-state index contributed by atoms with van der Waals surface area (Å²) in [6, 6.07) is 6.99. The summed E-state index contributed by atoms with van der Waals surface area (Å²) >= 11 is 7.10. The first-order valence-corrected chi connectivity index (χ1v) is 8.52. The first-order valence-electron chi connectivity index (χ1n) is 7.26. The van der Waals surface area contributed by atoms with Crippen molar-refractivity contribution in [2.24, 2.45) is 0 Å². The second kappa shape index (κ2) is 7.45. The lowest BCUT2D eigenvalue weighted by Gasteiger charge is -2.09. The maximum atomic E-state index is 12.2. The minimum absolute atomic E-state index is 0.247. The Morgan fingerprint density at radius 3 is 2.48 bits per heavy atom. The van der Waals surface area contributed by atoms with Crippen molar-refractivity contribution in [3.8, 4) is 0 Å². The minimum atomic E-state index is -0.759. The first-order chi connectivity index (χ1) is 12.0. The van der Waals surface area contributed by atoms with Crippen LogP contribution < -0.4 is 16.4 Å². The predicted molar refractivity (Wildman–Crippen MR) is 96.3 cm³/mol. The maximum absolute atomic E-state index is 12.2. The summed E-state index contributed by atoms with van der Waals surface area (Å²) in [5, 5.41) is 5.32. The third-order valence-corrected chi connectivity index (χ3v) is 4.33. The number of hydrogen-bond donors (Lipinski definition) is 1. The van der Waals surface area contributed by atoms with Gasteiger partial charge in [-0.1, -0.05) is 23.7 Å². The van der Waals surface area contributed by atoms with Crippen molar-refractivity contribution in [1.82, 2.24) is 14.1 Å². The van der Waals surface area contributed by atoms with Crippen molar-refractivity contribution < 1.29 is 4.79 Å². The van der Waals surface area contributed by atoms with Gasteiger partial charge in [0.2, 0.25) is 5.91 Å². The van der Waals surface area contributed by atoms with E-state index in [1.807, 2.05) is 0 Å². The van der Waals surface area contributed by atoms with Gasteiger partial charge in [0.25, 0.3) is 0 Å². The molecule has 0 fully saturated rings. The molecule has 0 aliphatic heterocycles. The van der Waals surface area contributed by atoms with Crippen LogP contribution in [0.1, 0.15) is 5.56 Å². The van der Waals surface area contributed by atoms with Crippen LogP contribution in [0.5, 0.6) is 0 Å². The average Bonchev–Trinajstić information content (AvgIpc) is 3.09. The fourth-order valence-electron chi connectivity index (χ4n) is 2.18. The van der Waals surface area contributed by atoms with Gasteiger partial charge in [-0.25, -0.2) is 4.98 Å². The SMILES string of the molecule is O=C(Cn1ccn(Cc2ccc(Cl)cc2)c(=O)c1=O)Nc1nccs1. The molecular formula is C16H13ClN4O3S. The number of rotatable bonds is 5. The van der Waals surface area contributed by atoms with E-state index >= 15 is 0 Å². The zero-order valence-corrected chi connectivity index (χ0v) is 14.5. The molecule has 0 saturated heterocycles. The number of thiazole rings is 1. The molecule has 1 N–H and O–H groups in total. The lowest BCUT2D eigenvalue weighted by molar-refractivity contribution is -0.116. The number of anilines is 1. The topological polar surface area (TPSA) is 86.0 Å². The van der Waals surface area contributed by atoms with Gasteiger partial charge in [-0.3, -0.25) is 19.0 Å². The van der Waals surface area contributed by atoms with Gasteiger partial charge in [0, 0.05) is 29.0 Å². The molecule has 2 aromatic heterocycles. The molecule has 1 aromatic carbocycles. The summed E-state index contributed by atoms with van der Waals surface area (Å²) in [6.45, 7) is -0.00711. The van der Waals surface area contributed by atoms with Gasteiger partial charge in [0.05, 0.1) is 6.54 Å². The number of carbonyl (C=O) groups is 1. The number of nitrogens with one attached hydrogen (secondary N) is 1. The van der Waals surface area contributed by atoms with Gasteiger partial charge >= 0.3 is 11.1 Å². The van der Waals surface area contributed by atoms with Gasteiger partial charge in [0.1, 0.15) is 6.54 Å². The smallest absolute Gasteiger partial charge is 0.305 e. The Kier molecular flexibility index (Phi) is 5.11. The van der Waals surface area contributed by atoms with E-state index in [-0.39, 0.29) is 13.1 Å². The fraction of sp³-hybridized carbons (Fsp3) is 0.125. The van der Waals surface area contributed by atoms with Gasteiger partial charge in [-0.2, -0.15) is 0 Å². The molecule has 0 aliphatic carbocycles. The Morgan fingerprint density at radius 2 is 1.80 bits per heavy atom. The molecule has 25 heavy (non-hydrogen) atoms. The second-order valence-electron chi connectivity index (χ2n) is 5.18. The minimum Gasteiger partial charge on any atom is -0.305 e. The van der Waals surface area contributed by atoms with Gasteiger partial charge in [-0.05, 0) is 17.7 Å². The molecule has 2 heterocycles. The van der Waals surface area contributed by atoms with Gasteiger partial charge in [-0.15, -0.1) is 11.3 Å². The Morgan fingerprint density at radius 1 is 1.12 bits per heavy atom. The third kappa shape index (κ3) is 4.23. The second-order valence-corrected chi connectivity index (χ2v) is 6.51. The molecule has 0 radical (unpaired) electrons. The van der Waals surface area contributed by atoms with Gasteiger partial charge < -0.3 is 9.88 Å². The summed E-state index contributed by atoms with van der Waals surface area (Å²) in [6.07, 6.45) is 4.46. The van der Waals surface area contributed by atoms with E-state index in [0.717, 1.165) is 10.1 Å². The molecule has 128 valence electrons. The highest BCUT2D eigenvalue weighted by molar-refractivity contribution is 7.13. The van der Waals surface area contributed by atoms with Crippen molar-refractivity contribution in [3.05, 3.63) is 79.5 Å². The standard InChI is InChI=1S/C16H13ClN4O3S/c17-12-3-1-11(2-4-12)9-20-6-7-21(15(24)14(20)23)10-13(22)19-16-18-5-8-25-16/h1-8H,9-10H2,(H,18,19,22). The number of amides is 1. The zero-order chi connectivity index (χ0) is 17.8. The van der Waals surface area contributed by atoms with Crippen LogP contribution >= 0.6 is 22.9 Å². The molecule has 0 spiro atoms. The highest BCUT2D eigenvalue weighted by Gasteiger charge is 2.10. The molecule has 7 nitrogen and oxygen atoms in total. The summed E-state index contributed by atoms with van der Waals surface area (Å²) in [7, 11) is 0. The monoisotopic (exact) mass is 376 g/mol. The van der Waals surface area contributed by atoms with Crippen molar-refractivity contribution in [2.75, 3.05) is 5.32 Å². The van der Waals surface area contributed by atoms with E-state index in [0.29, 0.717) is 10.2 Å². The molecule has 0 saturated carbocycles. The fourth-order valence-corrected chi connectivity index (χ4v) is 2.85. The van der Waals surface area contributed by atoms with Crippen molar-refractivity contribution in [1.29, 1.82) is 0 Å². The molecule has 0 bridgehead atoms. The van der Waals surface area contributed by atoms with Crippen LogP contribution in [-0.4, -0.2) is 20.0 Å². The van der Waals surface area contributed by atoms with Crippen LogP contribution in [0.15, 0.2) is 57.8 Å². The largest absolute Gasteiger partial charge is 0.316 e. The van der Waals surface area contributed by atoms with Crippen molar-refractivity contribution in [3.63, 3.8) is 0 Å². The zero-order valence-electron chi connectivity index (χ0n) is 12.9. The summed E-state index contributed by atoms with van der Waals surface area (Å²) in [5.74, 6) is -0.424.